The molecular formula is C16H27N3O2. The minimum absolute atomic E-state index is 0.269. The van der Waals surface area contributed by atoms with Crippen LogP contribution >= 0.6 is 0 Å². The van der Waals surface area contributed by atoms with E-state index in [1.807, 2.05) is 18.2 Å². The number of aliphatic hydroxyl groups is 1. The Morgan fingerprint density at radius 3 is 2.71 bits per heavy atom. The van der Waals surface area contributed by atoms with Gasteiger partial charge in [0.2, 0.25) is 0 Å². The summed E-state index contributed by atoms with van der Waals surface area (Å²) in [5.74, 6) is 0.637. The summed E-state index contributed by atoms with van der Waals surface area (Å²) in [5, 5.41) is 10.1. The van der Waals surface area contributed by atoms with E-state index >= 15 is 0 Å². The molecule has 118 valence electrons. The van der Waals surface area contributed by atoms with Crippen molar-refractivity contribution in [3.63, 3.8) is 0 Å². The predicted octanol–water partition coefficient (Wildman–Crippen LogP) is 1.03. The Balaban J connectivity index is 1.74. The third-order valence-electron chi connectivity index (χ3n) is 4.16. The molecule has 5 heteroatoms. The Morgan fingerprint density at radius 1 is 1.38 bits per heavy atom. The van der Waals surface area contributed by atoms with Gasteiger partial charge >= 0.3 is 0 Å². The summed E-state index contributed by atoms with van der Waals surface area (Å²) in [5.41, 5.74) is 6.42. The first-order chi connectivity index (χ1) is 10.1. The molecule has 2 rings (SSSR count). The number of rotatable bonds is 6. The summed E-state index contributed by atoms with van der Waals surface area (Å²) in [4.78, 5) is 4.59. The van der Waals surface area contributed by atoms with Crippen molar-refractivity contribution in [1.82, 2.24) is 9.80 Å². The zero-order chi connectivity index (χ0) is 15.2. The van der Waals surface area contributed by atoms with Crippen LogP contribution in [0.15, 0.2) is 24.3 Å². The maximum absolute atomic E-state index is 10.1. The molecule has 1 unspecified atom stereocenters. The van der Waals surface area contributed by atoms with E-state index in [4.69, 9.17) is 10.5 Å². The quantitative estimate of drug-likeness (QED) is 0.767. The van der Waals surface area contributed by atoms with E-state index in [-0.39, 0.29) is 6.61 Å². The van der Waals surface area contributed by atoms with Crippen molar-refractivity contribution in [3.8, 4) is 5.75 Å². The minimum atomic E-state index is -0.505. The summed E-state index contributed by atoms with van der Waals surface area (Å²) in [6.07, 6.45) is 1.81. The van der Waals surface area contributed by atoms with Gasteiger partial charge in [0.1, 0.15) is 18.5 Å². The van der Waals surface area contributed by atoms with Gasteiger partial charge in [-0.05, 0) is 52.2 Å². The van der Waals surface area contributed by atoms with Crippen molar-refractivity contribution in [2.24, 2.45) is 0 Å². The standard InChI is InChI=1S/C16H27N3O2/c1-18-9-7-13(8-10-18)19(2)11-14(20)12-21-16-6-4-3-5-15(16)17/h3-6,13-14,20H,7-12,17H2,1-2H3. The van der Waals surface area contributed by atoms with E-state index in [1.54, 1.807) is 6.07 Å². The highest BCUT2D eigenvalue weighted by molar-refractivity contribution is 5.51. The number of likely N-dealkylation sites (N-methyl/N-ethyl adjacent to an activating group) is 1. The number of likely N-dealkylation sites (tertiary alicyclic amines) is 1. The van der Waals surface area contributed by atoms with Crippen LogP contribution in [0, 0.1) is 0 Å². The minimum Gasteiger partial charge on any atom is -0.489 e. The first-order valence-electron chi connectivity index (χ1n) is 7.60. The molecule has 0 saturated carbocycles. The zero-order valence-corrected chi connectivity index (χ0v) is 13.0. The molecule has 1 aromatic rings. The average Bonchev–Trinajstić information content (AvgIpc) is 2.47. The van der Waals surface area contributed by atoms with Gasteiger partial charge in [-0.2, -0.15) is 0 Å². The molecular weight excluding hydrogens is 266 g/mol. The molecule has 1 saturated heterocycles. The van der Waals surface area contributed by atoms with Crippen LogP contribution in [0.4, 0.5) is 5.69 Å². The maximum atomic E-state index is 10.1. The normalized spacial score (nSPS) is 18.9. The van der Waals surface area contributed by atoms with Crippen molar-refractivity contribution in [2.75, 3.05) is 46.1 Å². The Labute approximate surface area is 127 Å². The van der Waals surface area contributed by atoms with Crippen LogP contribution in [-0.2, 0) is 0 Å². The van der Waals surface area contributed by atoms with Gasteiger partial charge in [-0.1, -0.05) is 12.1 Å². The van der Waals surface area contributed by atoms with Crippen LogP contribution in [-0.4, -0.2) is 67.4 Å². The molecule has 1 aliphatic rings. The van der Waals surface area contributed by atoms with E-state index in [1.165, 1.54) is 0 Å². The number of anilines is 1. The van der Waals surface area contributed by atoms with Gasteiger partial charge in [-0.3, -0.25) is 0 Å². The number of nitrogen functional groups attached to an aromatic ring is 1. The third-order valence-corrected chi connectivity index (χ3v) is 4.16. The summed E-state index contributed by atoms with van der Waals surface area (Å²) in [7, 11) is 4.24. The van der Waals surface area contributed by atoms with Crippen LogP contribution < -0.4 is 10.5 Å². The Morgan fingerprint density at radius 2 is 2.05 bits per heavy atom. The second kappa shape index (κ2) is 7.64. The van der Waals surface area contributed by atoms with Gasteiger partial charge in [0, 0.05) is 12.6 Å². The number of ether oxygens (including phenoxy) is 1. The Bertz CT molecular complexity index is 433. The molecule has 1 atom stereocenters. The van der Waals surface area contributed by atoms with Crippen molar-refractivity contribution in [1.29, 1.82) is 0 Å². The Hall–Kier alpha value is -1.30. The molecule has 1 fully saturated rings. The molecule has 0 bridgehead atoms. The number of para-hydroxylation sites is 2. The lowest BCUT2D eigenvalue weighted by Gasteiger charge is -2.35. The monoisotopic (exact) mass is 293 g/mol. The molecule has 0 spiro atoms. The van der Waals surface area contributed by atoms with Gasteiger partial charge in [-0.25, -0.2) is 0 Å². The topological polar surface area (TPSA) is 62.0 Å². The first kappa shape index (κ1) is 16.1. The van der Waals surface area contributed by atoms with E-state index in [2.05, 4.69) is 23.9 Å². The number of benzene rings is 1. The average molecular weight is 293 g/mol. The number of nitrogens with zero attached hydrogens (tertiary/aromatic N) is 2. The van der Waals surface area contributed by atoms with E-state index in [0.717, 1.165) is 25.9 Å². The molecule has 0 radical (unpaired) electrons. The molecule has 0 aliphatic carbocycles. The van der Waals surface area contributed by atoms with Gasteiger partial charge in [0.25, 0.3) is 0 Å². The highest BCUT2D eigenvalue weighted by Gasteiger charge is 2.22. The molecule has 1 heterocycles. The van der Waals surface area contributed by atoms with Crippen LogP contribution in [0.3, 0.4) is 0 Å². The molecule has 1 aromatic carbocycles. The molecule has 0 amide bonds. The Kier molecular flexibility index (Phi) is 5.85. The lowest BCUT2D eigenvalue weighted by atomic mass is 10.0. The molecule has 21 heavy (non-hydrogen) atoms. The SMILES string of the molecule is CN1CCC(N(C)CC(O)COc2ccccc2N)CC1. The molecule has 5 nitrogen and oxygen atoms in total. The number of hydrogen-bond acceptors (Lipinski definition) is 5. The summed E-state index contributed by atoms with van der Waals surface area (Å²) in [6.45, 7) is 3.15. The van der Waals surface area contributed by atoms with Gasteiger partial charge in [0.05, 0.1) is 5.69 Å². The fourth-order valence-electron chi connectivity index (χ4n) is 2.77. The van der Waals surface area contributed by atoms with Gasteiger partial charge < -0.3 is 25.4 Å². The highest BCUT2D eigenvalue weighted by Crippen LogP contribution is 2.20. The lowest BCUT2D eigenvalue weighted by molar-refractivity contribution is 0.0500. The van der Waals surface area contributed by atoms with Crippen molar-refractivity contribution >= 4 is 5.69 Å². The van der Waals surface area contributed by atoms with Gasteiger partial charge in [-0.15, -0.1) is 0 Å². The zero-order valence-electron chi connectivity index (χ0n) is 13.0. The predicted molar refractivity (Wildman–Crippen MR) is 85.5 cm³/mol. The van der Waals surface area contributed by atoms with E-state index in [0.29, 0.717) is 24.0 Å². The maximum Gasteiger partial charge on any atom is 0.142 e. The number of hydrogen-bond donors (Lipinski definition) is 2. The van der Waals surface area contributed by atoms with E-state index in [9.17, 15) is 5.11 Å². The van der Waals surface area contributed by atoms with Gasteiger partial charge in [0.15, 0.2) is 0 Å². The second-order valence-corrected chi connectivity index (χ2v) is 5.98. The largest absolute Gasteiger partial charge is 0.489 e. The van der Waals surface area contributed by atoms with Crippen molar-refractivity contribution in [2.45, 2.75) is 25.0 Å². The summed E-state index contributed by atoms with van der Waals surface area (Å²) >= 11 is 0. The smallest absolute Gasteiger partial charge is 0.142 e. The van der Waals surface area contributed by atoms with Crippen LogP contribution in [0.1, 0.15) is 12.8 Å². The second-order valence-electron chi connectivity index (χ2n) is 5.98. The number of nitrogens with two attached hydrogens (primary N) is 1. The summed E-state index contributed by atoms with van der Waals surface area (Å²) in [6, 6.07) is 7.92. The lowest BCUT2D eigenvalue weighted by Crippen LogP contribution is -2.45. The highest BCUT2D eigenvalue weighted by atomic mass is 16.5. The summed E-state index contributed by atoms with van der Waals surface area (Å²) < 4.78 is 5.59. The number of aliphatic hydroxyl groups excluding tert-OH is 1. The molecule has 3 N–H and O–H groups in total. The molecule has 0 aromatic heterocycles. The van der Waals surface area contributed by atoms with Crippen LogP contribution in [0.2, 0.25) is 0 Å². The fraction of sp³-hybridized carbons (Fsp3) is 0.625. The van der Waals surface area contributed by atoms with Crippen molar-refractivity contribution in [3.05, 3.63) is 24.3 Å². The van der Waals surface area contributed by atoms with E-state index < -0.39 is 6.10 Å². The van der Waals surface area contributed by atoms with Crippen LogP contribution in [0.5, 0.6) is 5.75 Å². The van der Waals surface area contributed by atoms with Crippen molar-refractivity contribution < 1.29 is 9.84 Å². The third kappa shape index (κ3) is 4.88. The fourth-order valence-corrected chi connectivity index (χ4v) is 2.77. The molecule has 1 aliphatic heterocycles. The first-order valence-corrected chi connectivity index (χ1v) is 7.60. The van der Waals surface area contributed by atoms with Crippen LogP contribution in [0.25, 0.3) is 0 Å². The number of piperidine rings is 1.